The Balaban J connectivity index is 2.21. The number of benzene rings is 2. The van der Waals surface area contributed by atoms with Gasteiger partial charge in [0, 0.05) is 0 Å². The number of hydrogen-bond donors (Lipinski definition) is 0. The summed E-state index contributed by atoms with van der Waals surface area (Å²) >= 11 is 0. The zero-order chi connectivity index (χ0) is 17.7. The second-order valence-corrected chi connectivity index (χ2v) is 6.64. The third kappa shape index (κ3) is 4.25. The quantitative estimate of drug-likeness (QED) is 0.580. The van der Waals surface area contributed by atoms with E-state index in [0.717, 1.165) is 5.56 Å². The second-order valence-electron chi connectivity index (χ2n) is 6.64. The van der Waals surface area contributed by atoms with Crippen molar-refractivity contribution in [3.63, 3.8) is 0 Å². The molecular weight excluding hydrogens is 300 g/mol. The zero-order valence-corrected chi connectivity index (χ0v) is 14.9. The summed E-state index contributed by atoms with van der Waals surface area (Å²) in [5.41, 5.74) is 2.85. The van der Waals surface area contributed by atoms with Gasteiger partial charge < -0.3 is 9.47 Å². The summed E-state index contributed by atoms with van der Waals surface area (Å²) < 4.78 is 10.4. The number of allylic oxidation sites excluding steroid dienone is 1. The fourth-order valence-electron chi connectivity index (χ4n) is 2.36. The van der Waals surface area contributed by atoms with Crippen molar-refractivity contribution < 1.29 is 14.3 Å². The van der Waals surface area contributed by atoms with E-state index in [-0.39, 0.29) is 11.2 Å². The van der Waals surface area contributed by atoms with E-state index in [1.807, 2.05) is 18.2 Å². The molecule has 0 aliphatic heterocycles. The van der Waals surface area contributed by atoms with Crippen LogP contribution in [0.3, 0.4) is 0 Å². The van der Waals surface area contributed by atoms with Crippen molar-refractivity contribution in [1.82, 2.24) is 0 Å². The van der Waals surface area contributed by atoms with Gasteiger partial charge in [0.1, 0.15) is 11.5 Å². The summed E-state index contributed by atoms with van der Waals surface area (Å²) in [5, 5.41) is 0. The zero-order valence-electron chi connectivity index (χ0n) is 14.9. The average Bonchev–Trinajstić information content (AvgIpc) is 2.58. The smallest absolute Gasteiger partial charge is 0.189 e. The molecule has 3 heteroatoms. The summed E-state index contributed by atoms with van der Waals surface area (Å²) in [4.78, 5) is 12.5. The van der Waals surface area contributed by atoms with Crippen LogP contribution in [0.25, 0.3) is 6.08 Å². The molecule has 0 fully saturated rings. The Morgan fingerprint density at radius 3 is 2.17 bits per heavy atom. The van der Waals surface area contributed by atoms with Crippen molar-refractivity contribution in [3.05, 3.63) is 65.2 Å². The molecular formula is C21H24O3. The van der Waals surface area contributed by atoms with Gasteiger partial charge in [-0.2, -0.15) is 0 Å². The van der Waals surface area contributed by atoms with Crippen molar-refractivity contribution in [2.45, 2.75) is 26.2 Å². The molecule has 0 saturated carbocycles. The molecule has 0 heterocycles. The van der Waals surface area contributed by atoms with Gasteiger partial charge >= 0.3 is 0 Å². The van der Waals surface area contributed by atoms with Crippen LogP contribution in [0.15, 0.2) is 48.5 Å². The van der Waals surface area contributed by atoms with Crippen molar-refractivity contribution in [2.24, 2.45) is 0 Å². The summed E-state index contributed by atoms with van der Waals surface area (Å²) in [6, 6.07) is 13.4. The van der Waals surface area contributed by atoms with Crippen molar-refractivity contribution in [3.8, 4) is 11.5 Å². The van der Waals surface area contributed by atoms with Crippen LogP contribution in [-0.4, -0.2) is 20.0 Å². The molecule has 0 atom stereocenters. The van der Waals surface area contributed by atoms with E-state index in [1.165, 1.54) is 5.56 Å². The van der Waals surface area contributed by atoms with Crippen molar-refractivity contribution in [1.29, 1.82) is 0 Å². The molecule has 0 N–H and O–H groups in total. The van der Waals surface area contributed by atoms with Crippen LogP contribution >= 0.6 is 0 Å². The summed E-state index contributed by atoms with van der Waals surface area (Å²) in [6.07, 6.45) is 3.37. The van der Waals surface area contributed by atoms with E-state index in [4.69, 9.17) is 9.47 Å². The predicted molar refractivity (Wildman–Crippen MR) is 98.1 cm³/mol. The molecule has 0 spiro atoms. The van der Waals surface area contributed by atoms with E-state index in [1.54, 1.807) is 38.5 Å². The van der Waals surface area contributed by atoms with Gasteiger partial charge in [-0.15, -0.1) is 0 Å². The van der Waals surface area contributed by atoms with Crippen LogP contribution in [0.2, 0.25) is 0 Å². The third-order valence-electron chi connectivity index (χ3n) is 3.88. The molecule has 0 aliphatic rings. The van der Waals surface area contributed by atoms with E-state index < -0.39 is 0 Å². The monoisotopic (exact) mass is 324 g/mol. The number of ether oxygens (including phenoxy) is 2. The first-order valence-corrected chi connectivity index (χ1v) is 7.90. The highest BCUT2D eigenvalue weighted by Crippen LogP contribution is 2.25. The van der Waals surface area contributed by atoms with E-state index in [0.29, 0.717) is 17.1 Å². The highest BCUT2D eigenvalue weighted by Gasteiger charge is 2.13. The Morgan fingerprint density at radius 2 is 1.62 bits per heavy atom. The maximum absolute atomic E-state index is 12.5. The Kier molecular flexibility index (Phi) is 5.45. The highest BCUT2D eigenvalue weighted by molar-refractivity contribution is 6.08. The first-order chi connectivity index (χ1) is 11.3. The number of hydrogen-bond acceptors (Lipinski definition) is 3. The third-order valence-corrected chi connectivity index (χ3v) is 3.88. The lowest BCUT2D eigenvalue weighted by atomic mass is 9.87. The van der Waals surface area contributed by atoms with Crippen LogP contribution < -0.4 is 9.47 Å². The first-order valence-electron chi connectivity index (χ1n) is 7.90. The standard InChI is InChI=1S/C21H24O3/c1-21(2,3)16-9-6-15(7-10-16)8-12-19(22)18-14-17(23-4)11-13-20(18)24-5/h6-14H,1-5H3/b12-8+. The molecule has 0 radical (unpaired) electrons. The van der Waals surface area contributed by atoms with Gasteiger partial charge in [-0.3, -0.25) is 4.79 Å². The normalized spacial score (nSPS) is 11.5. The van der Waals surface area contributed by atoms with Gasteiger partial charge in [0.2, 0.25) is 0 Å². The van der Waals surface area contributed by atoms with Gasteiger partial charge in [0.05, 0.1) is 19.8 Å². The second kappa shape index (κ2) is 7.35. The predicted octanol–water partition coefficient (Wildman–Crippen LogP) is 4.90. The minimum atomic E-state index is -0.120. The number of rotatable bonds is 5. The van der Waals surface area contributed by atoms with Crippen LogP contribution in [0.4, 0.5) is 0 Å². The Morgan fingerprint density at radius 1 is 0.958 bits per heavy atom. The largest absolute Gasteiger partial charge is 0.497 e. The van der Waals surface area contributed by atoms with Crippen LogP contribution in [0.5, 0.6) is 11.5 Å². The molecule has 0 saturated heterocycles. The van der Waals surface area contributed by atoms with E-state index in [9.17, 15) is 4.79 Å². The first kappa shape index (κ1) is 17.8. The lowest BCUT2D eigenvalue weighted by Gasteiger charge is -2.18. The summed E-state index contributed by atoms with van der Waals surface area (Å²) in [6.45, 7) is 6.53. The molecule has 2 aromatic rings. The molecule has 2 aromatic carbocycles. The van der Waals surface area contributed by atoms with E-state index >= 15 is 0 Å². The summed E-state index contributed by atoms with van der Waals surface area (Å²) in [7, 11) is 3.12. The molecule has 2 rings (SSSR count). The Labute approximate surface area is 143 Å². The van der Waals surface area contributed by atoms with Crippen molar-refractivity contribution >= 4 is 11.9 Å². The maximum atomic E-state index is 12.5. The number of methoxy groups -OCH3 is 2. The lowest BCUT2D eigenvalue weighted by molar-refractivity contribution is 0.104. The van der Waals surface area contributed by atoms with Gasteiger partial charge in [-0.1, -0.05) is 51.1 Å². The van der Waals surface area contributed by atoms with Gasteiger partial charge in [-0.25, -0.2) is 0 Å². The molecule has 0 unspecified atom stereocenters. The lowest BCUT2D eigenvalue weighted by Crippen LogP contribution is -2.10. The van der Waals surface area contributed by atoms with Gasteiger partial charge in [-0.05, 0) is 40.8 Å². The molecule has 0 bridgehead atoms. The number of ketones is 1. The van der Waals surface area contributed by atoms with E-state index in [2.05, 4.69) is 32.9 Å². The molecule has 24 heavy (non-hydrogen) atoms. The van der Waals surface area contributed by atoms with Crippen molar-refractivity contribution in [2.75, 3.05) is 14.2 Å². The molecule has 126 valence electrons. The minimum Gasteiger partial charge on any atom is -0.497 e. The van der Waals surface area contributed by atoms with Crippen LogP contribution in [0.1, 0.15) is 42.3 Å². The number of carbonyl (C=O) groups is 1. The van der Waals surface area contributed by atoms with Gasteiger partial charge in [0.15, 0.2) is 5.78 Å². The summed E-state index contributed by atoms with van der Waals surface area (Å²) in [5.74, 6) is 1.04. The Hall–Kier alpha value is -2.55. The molecule has 3 nitrogen and oxygen atoms in total. The highest BCUT2D eigenvalue weighted by atomic mass is 16.5. The van der Waals surface area contributed by atoms with Crippen LogP contribution in [-0.2, 0) is 5.41 Å². The minimum absolute atomic E-state index is 0.117. The topological polar surface area (TPSA) is 35.5 Å². The average molecular weight is 324 g/mol. The van der Waals surface area contributed by atoms with Gasteiger partial charge in [0.25, 0.3) is 0 Å². The molecule has 0 amide bonds. The fourth-order valence-corrected chi connectivity index (χ4v) is 2.36. The Bertz CT molecular complexity index is 735. The SMILES string of the molecule is COc1ccc(OC)c(C(=O)/C=C/c2ccc(C(C)(C)C)cc2)c1. The molecule has 0 aromatic heterocycles. The van der Waals surface area contributed by atoms with Crippen LogP contribution in [0, 0.1) is 0 Å². The fraction of sp³-hybridized carbons (Fsp3) is 0.286. The molecule has 0 aliphatic carbocycles. The number of carbonyl (C=O) groups excluding carboxylic acids is 1. The maximum Gasteiger partial charge on any atom is 0.189 e.